The molecular weight excluding hydrogens is 260 g/mol. The zero-order valence-corrected chi connectivity index (χ0v) is 11.8. The van der Waals surface area contributed by atoms with E-state index in [1.165, 1.54) is 0 Å². The number of hydrogen-bond donors (Lipinski definition) is 0. The molecule has 0 N–H and O–H groups in total. The number of rotatable bonds is 4. The molecule has 0 saturated heterocycles. The monoisotopic (exact) mass is 276 g/mol. The van der Waals surface area contributed by atoms with Crippen LogP contribution in [-0.4, -0.2) is 7.11 Å². The summed E-state index contributed by atoms with van der Waals surface area (Å²) in [6.45, 7) is 0. The highest BCUT2D eigenvalue weighted by atomic mass is 16.5. The summed E-state index contributed by atoms with van der Waals surface area (Å²) in [6.07, 6.45) is 0. The van der Waals surface area contributed by atoms with Crippen LogP contribution >= 0.6 is 0 Å². The molecule has 0 radical (unpaired) electrons. The van der Waals surface area contributed by atoms with E-state index < -0.39 is 0 Å². The third kappa shape index (κ3) is 3.06. The van der Waals surface area contributed by atoms with Crippen LogP contribution in [0.15, 0.2) is 78.9 Å². The van der Waals surface area contributed by atoms with Gasteiger partial charge in [-0.1, -0.05) is 54.6 Å². The number of hydrogen-bond acceptors (Lipinski definition) is 2. The summed E-state index contributed by atoms with van der Waals surface area (Å²) in [5, 5.41) is 0. The Balaban J connectivity index is 1.96. The van der Waals surface area contributed by atoms with E-state index in [4.69, 9.17) is 9.47 Å². The van der Waals surface area contributed by atoms with Crippen molar-refractivity contribution in [2.45, 2.75) is 0 Å². The Morgan fingerprint density at radius 2 is 1.38 bits per heavy atom. The van der Waals surface area contributed by atoms with E-state index in [1.54, 1.807) is 7.11 Å². The number of benzene rings is 3. The highest BCUT2D eigenvalue weighted by Crippen LogP contribution is 2.33. The largest absolute Gasteiger partial charge is 0.497 e. The SMILES string of the molecule is COc1cccc(Oc2ccccc2-c2ccccc2)c1. The van der Waals surface area contributed by atoms with Crippen LogP contribution in [-0.2, 0) is 0 Å². The fourth-order valence-electron chi connectivity index (χ4n) is 2.20. The van der Waals surface area contributed by atoms with Gasteiger partial charge in [-0.05, 0) is 23.8 Å². The van der Waals surface area contributed by atoms with Crippen molar-refractivity contribution >= 4 is 0 Å². The van der Waals surface area contributed by atoms with Gasteiger partial charge in [0.25, 0.3) is 0 Å². The Morgan fingerprint density at radius 3 is 2.19 bits per heavy atom. The van der Waals surface area contributed by atoms with Crippen LogP contribution in [0.25, 0.3) is 11.1 Å². The van der Waals surface area contributed by atoms with Gasteiger partial charge < -0.3 is 9.47 Å². The predicted octanol–water partition coefficient (Wildman–Crippen LogP) is 5.15. The molecule has 3 aromatic carbocycles. The van der Waals surface area contributed by atoms with Gasteiger partial charge in [-0.25, -0.2) is 0 Å². The minimum absolute atomic E-state index is 0.762. The summed E-state index contributed by atoms with van der Waals surface area (Å²) < 4.78 is 11.3. The molecule has 3 aromatic rings. The van der Waals surface area contributed by atoms with Crippen molar-refractivity contribution in [3.8, 4) is 28.4 Å². The molecule has 0 aliphatic heterocycles. The summed E-state index contributed by atoms with van der Waals surface area (Å²) >= 11 is 0. The molecule has 3 rings (SSSR count). The van der Waals surface area contributed by atoms with Crippen LogP contribution < -0.4 is 9.47 Å². The van der Waals surface area contributed by atoms with Gasteiger partial charge in [0, 0.05) is 11.6 Å². The van der Waals surface area contributed by atoms with Gasteiger partial charge >= 0.3 is 0 Å². The Bertz CT molecular complexity index is 720. The lowest BCUT2D eigenvalue weighted by Crippen LogP contribution is -1.89. The van der Waals surface area contributed by atoms with Gasteiger partial charge in [0.05, 0.1) is 7.11 Å². The van der Waals surface area contributed by atoms with Crippen LogP contribution in [0.1, 0.15) is 0 Å². The summed E-state index contributed by atoms with van der Waals surface area (Å²) in [5.41, 5.74) is 2.21. The first-order chi connectivity index (χ1) is 10.4. The van der Waals surface area contributed by atoms with Gasteiger partial charge in [-0.3, -0.25) is 0 Å². The minimum Gasteiger partial charge on any atom is -0.497 e. The van der Waals surface area contributed by atoms with E-state index in [0.717, 1.165) is 28.4 Å². The molecule has 0 spiro atoms. The Kier molecular flexibility index (Phi) is 3.88. The van der Waals surface area contributed by atoms with E-state index >= 15 is 0 Å². The molecule has 104 valence electrons. The first-order valence-electron chi connectivity index (χ1n) is 6.83. The van der Waals surface area contributed by atoms with E-state index in [9.17, 15) is 0 Å². The predicted molar refractivity (Wildman–Crippen MR) is 84.9 cm³/mol. The number of ether oxygens (including phenoxy) is 2. The van der Waals surface area contributed by atoms with Gasteiger partial charge in [0.15, 0.2) is 0 Å². The molecule has 0 saturated carbocycles. The highest BCUT2D eigenvalue weighted by molar-refractivity contribution is 5.70. The van der Waals surface area contributed by atoms with Crippen molar-refractivity contribution < 1.29 is 9.47 Å². The quantitative estimate of drug-likeness (QED) is 0.655. The molecule has 2 nitrogen and oxygen atoms in total. The van der Waals surface area contributed by atoms with Crippen LogP contribution in [0.2, 0.25) is 0 Å². The van der Waals surface area contributed by atoms with Crippen LogP contribution in [0.4, 0.5) is 0 Å². The molecule has 0 aromatic heterocycles. The zero-order valence-electron chi connectivity index (χ0n) is 11.8. The van der Waals surface area contributed by atoms with E-state index in [2.05, 4.69) is 18.2 Å². The third-order valence-electron chi connectivity index (χ3n) is 3.24. The maximum absolute atomic E-state index is 6.03. The third-order valence-corrected chi connectivity index (χ3v) is 3.24. The summed E-state index contributed by atoms with van der Waals surface area (Å²) in [7, 11) is 1.65. The molecule has 0 bridgehead atoms. The van der Waals surface area contributed by atoms with Crippen molar-refractivity contribution in [1.82, 2.24) is 0 Å². The molecule has 2 heteroatoms. The molecule has 0 heterocycles. The first-order valence-corrected chi connectivity index (χ1v) is 6.83. The lowest BCUT2D eigenvalue weighted by atomic mass is 10.1. The molecule has 0 fully saturated rings. The topological polar surface area (TPSA) is 18.5 Å². The maximum Gasteiger partial charge on any atom is 0.135 e. The zero-order chi connectivity index (χ0) is 14.5. The standard InChI is InChI=1S/C19H16O2/c1-20-16-10-7-11-17(14-16)21-19-13-6-5-12-18(19)15-8-3-2-4-9-15/h2-14H,1H3. The van der Waals surface area contributed by atoms with Crippen molar-refractivity contribution in [3.05, 3.63) is 78.9 Å². The average Bonchev–Trinajstić information content (AvgIpc) is 2.56. The molecule has 0 unspecified atom stereocenters. The highest BCUT2D eigenvalue weighted by Gasteiger charge is 2.06. The molecule has 0 amide bonds. The second kappa shape index (κ2) is 6.14. The smallest absolute Gasteiger partial charge is 0.135 e. The summed E-state index contributed by atoms with van der Waals surface area (Å²) in [5.74, 6) is 2.37. The minimum atomic E-state index is 0.762. The normalized spacial score (nSPS) is 10.1. The second-order valence-corrected chi connectivity index (χ2v) is 4.64. The summed E-state index contributed by atoms with van der Waals surface area (Å²) in [4.78, 5) is 0. The van der Waals surface area contributed by atoms with Crippen molar-refractivity contribution in [1.29, 1.82) is 0 Å². The van der Waals surface area contributed by atoms with Gasteiger partial charge in [0.1, 0.15) is 17.2 Å². The van der Waals surface area contributed by atoms with Crippen molar-refractivity contribution in [3.63, 3.8) is 0 Å². The van der Waals surface area contributed by atoms with Crippen LogP contribution in [0.5, 0.6) is 17.2 Å². The lowest BCUT2D eigenvalue weighted by molar-refractivity contribution is 0.409. The summed E-state index contributed by atoms with van der Waals surface area (Å²) in [6, 6.07) is 25.8. The molecule has 0 aliphatic carbocycles. The van der Waals surface area contributed by atoms with Gasteiger partial charge in [-0.15, -0.1) is 0 Å². The van der Waals surface area contributed by atoms with Crippen LogP contribution in [0.3, 0.4) is 0 Å². The van der Waals surface area contributed by atoms with E-state index in [-0.39, 0.29) is 0 Å². The van der Waals surface area contributed by atoms with E-state index in [0.29, 0.717) is 0 Å². The molecule has 0 aliphatic rings. The van der Waals surface area contributed by atoms with Crippen LogP contribution in [0, 0.1) is 0 Å². The van der Waals surface area contributed by atoms with Crippen molar-refractivity contribution in [2.75, 3.05) is 7.11 Å². The molecule has 0 atom stereocenters. The lowest BCUT2D eigenvalue weighted by Gasteiger charge is -2.12. The van der Waals surface area contributed by atoms with Crippen molar-refractivity contribution in [2.24, 2.45) is 0 Å². The van der Waals surface area contributed by atoms with Gasteiger partial charge in [-0.2, -0.15) is 0 Å². The number of para-hydroxylation sites is 1. The number of methoxy groups -OCH3 is 1. The maximum atomic E-state index is 6.03. The second-order valence-electron chi connectivity index (χ2n) is 4.64. The fourth-order valence-corrected chi connectivity index (χ4v) is 2.20. The Morgan fingerprint density at radius 1 is 0.667 bits per heavy atom. The molecule has 21 heavy (non-hydrogen) atoms. The Hall–Kier alpha value is -2.74. The fraction of sp³-hybridized carbons (Fsp3) is 0.0526. The average molecular weight is 276 g/mol. The first kappa shape index (κ1) is 13.3. The Labute approximate surface area is 124 Å². The van der Waals surface area contributed by atoms with E-state index in [1.807, 2.05) is 60.7 Å². The van der Waals surface area contributed by atoms with Gasteiger partial charge in [0.2, 0.25) is 0 Å². The molecular formula is C19H16O2.